The van der Waals surface area contributed by atoms with E-state index in [1.807, 2.05) is 5.01 Å². The Hall–Kier alpha value is -0.160. The lowest BCUT2D eigenvalue weighted by Crippen LogP contribution is -2.56. The number of rotatable bonds is 2. The van der Waals surface area contributed by atoms with Crippen molar-refractivity contribution in [3.63, 3.8) is 0 Å². The molecule has 0 aliphatic carbocycles. The van der Waals surface area contributed by atoms with E-state index in [0.29, 0.717) is 12.6 Å². The lowest BCUT2D eigenvalue weighted by molar-refractivity contribution is 0.0739. The molecule has 1 atom stereocenters. The zero-order valence-corrected chi connectivity index (χ0v) is 6.34. The van der Waals surface area contributed by atoms with E-state index in [9.17, 15) is 0 Å². The molecule has 1 rings (SSSR count). The first-order valence-electron chi connectivity index (χ1n) is 3.55. The van der Waals surface area contributed by atoms with Gasteiger partial charge in [-0.05, 0) is 0 Å². The third kappa shape index (κ3) is 1.91. The van der Waals surface area contributed by atoms with Crippen LogP contribution in [0.15, 0.2) is 0 Å². The van der Waals surface area contributed by atoms with Gasteiger partial charge in [0.25, 0.3) is 0 Å². The number of methoxy groups -OCH3 is 1. The molecular weight excluding hydrogens is 130 g/mol. The predicted molar refractivity (Wildman–Crippen MR) is 39.4 cm³/mol. The normalized spacial score (nSPS) is 28.8. The SMILES string of the molecule is COCC1CNCCN1N. The summed E-state index contributed by atoms with van der Waals surface area (Å²) in [7, 11) is 1.70. The van der Waals surface area contributed by atoms with E-state index in [1.165, 1.54) is 0 Å². The van der Waals surface area contributed by atoms with Crippen LogP contribution in [0.25, 0.3) is 0 Å². The molecule has 0 aromatic carbocycles. The number of hydrazine groups is 1. The second kappa shape index (κ2) is 3.88. The molecule has 1 fully saturated rings. The van der Waals surface area contributed by atoms with Gasteiger partial charge in [-0.1, -0.05) is 0 Å². The average molecular weight is 145 g/mol. The Labute approximate surface area is 61.3 Å². The number of hydrogen-bond donors (Lipinski definition) is 2. The number of nitrogens with zero attached hydrogens (tertiary/aromatic N) is 1. The average Bonchev–Trinajstić information content (AvgIpc) is 1.94. The Morgan fingerprint density at radius 2 is 2.60 bits per heavy atom. The Balaban J connectivity index is 2.25. The van der Waals surface area contributed by atoms with Gasteiger partial charge in [-0.15, -0.1) is 0 Å². The smallest absolute Gasteiger partial charge is 0.0644 e. The summed E-state index contributed by atoms with van der Waals surface area (Å²) in [6.07, 6.45) is 0. The van der Waals surface area contributed by atoms with Gasteiger partial charge in [0.15, 0.2) is 0 Å². The van der Waals surface area contributed by atoms with E-state index in [2.05, 4.69) is 5.32 Å². The molecule has 0 radical (unpaired) electrons. The van der Waals surface area contributed by atoms with E-state index in [4.69, 9.17) is 10.6 Å². The molecule has 1 unspecified atom stereocenters. The third-order valence-electron chi connectivity index (χ3n) is 1.75. The van der Waals surface area contributed by atoms with Crippen molar-refractivity contribution in [3.8, 4) is 0 Å². The van der Waals surface area contributed by atoms with Crippen molar-refractivity contribution < 1.29 is 4.74 Å². The molecule has 60 valence electrons. The zero-order chi connectivity index (χ0) is 7.40. The summed E-state index contributed by atoms with van der Waals surface area (Å²) in [6.45, 7) is 3.54. The van der Waals surface area contributed by atoms with Crippen LogP contribution in [0.5, 0.6) is 0 Å². The first-order valence-corrected chi connectivity index (χ1v) is 3.55. The highest BCUT2D eigenvalue weighted by molar-refractivity contribution is 4.74. The third-order valence-corrected chi connectivity index (χ3v) is 1.75. The summed E-state index contributed by atoms with van der Waals surface area (Å²) in [5.41, 5.74) is 0. The fraction of sp³-hybridized carbons (Fsp3) is 1.00. The van der Waals surface area contributed by atoms with Crippen LogP contribution in [-0.2, 0) is 4.74 Å². The van der Waals surface area contributed by atoms with Gasteiger partial charge in [-0.2, -0.15) is 0 Å². The highest BCUT2D eigenvalue weighted by atomic mass is 16.5. The van der Waals surface area contributed by atoms with Gasteiger partial charge >= 0.3 is 0 Å². The van der Waals surface area contributed by atoms with Crippen LogP contribution in [0.1, 0.15) is 0 Å². The minimum Gasteiger partial charge on any atom is -0.383 e. The first kappa shape index (κ1) is 7.94. The van der Waals surface area contributed by atoms with Crippen LogP contribution < -0.4 is 11.2 Å². The molecule has 1 aliphatic heterocycles. The lowest BCUT2D eigenvalue weighted by atomic mass is 10.2. The predicted octanol–water partition coefficient (Wildman–Crippen LogP) is -1.22. The molecule has 4 nitrogen and oxygen atoms in total. The van der Waals surface area contributed by atoms with Gasteiger partial charge in [-0.25, -0.2) is 5.01 Å². The maximum absolute atomic E-state index is 5.68. The van der Waals surface area contributed by atoms with Crippen LogP contribution in [0.2, 0.25) is 0 Å². The molecule has 0 bridgehead atoms. The maximum Gasteiger partial charge on any atom is 0.0644 e. The molecule has 0 aromatic rings. The van der Waals surface area contributed by atoms with Gasteiger partial charge in [0.05, 0.1) is 12.6 Å². The van der Waals surface area contributed by atoms with Gasteiger partial charge in [0.2, 0.25) is 0 Å². The number of ether oxygens (including phenoxy) is 1. The lowest BCUT2D eigenvalue weighted by Gasteiger charge is -2.31. The molecule has 0 saturated carbocycles. The molecule has 1 saturated heterocycles. The van der Waals surface area contributed by atoms with E-state index in [0.717, 1.165) is 19.6 Å². The molecule has 3 N–H and O–H groups in total. The Morgan fingerprint density at radius 1 is 1.80 bits per heavy atom. The molecule has 0 amide bonds. The van der Waals surface area contributed by atoms with Crippen molar-refractivity contribution in [2.45, 2.75) is 6.04 Å². The van der Waals surface area contributed by atoms with Crippen molar-refractivity contribution in [2.75, 3.05) is 33.4 Å². The van der Waals surface area contributed by atoms with E-state index in [1.54, 1.807) is 7.11 Å². The molecule has 1 heterocycles. The van der Waals surface area contributed by atoms with Crippen LogP contribution in [0.4, 0.5) is 0 Å². The van der Waals surface area contributed by atoms with Crippen molar-refractivity contribution in [1.82, 2.24) is 10.3 Å². The standard InChI is InChI=1S/C6H15N3O/c1-10-5-6-4-8-2-3-9(6)7/h6,8H,2-5,7H2,1H3. The summed E-state index contributed by atoms with van der Waals surface area (Å²) in [4.78, 5) is 0. The maximum atomic E-state index is 5.68. The fourth-order valence-electron chi connectivity index (χ4n) is 1.12. The van der Waals surface area contributed by atoms with Crippen molar-refractivity contribution in [2.24, 2.45) is 5.84 Å². The molecule has 1 aliphatic rings. The van der Waals surface area contributed by atoms with Gasteiger partial charge in [-0.3, -0.25) is 5.84 Å². The van der Waals surface area contributed by atoms with Gasteiger partial charge in [0, 0.05) is 26.7 Å². The molecule has 0 spiro atoms. The van der Waals surface area contributed by atoms with Crippen LogP contribution in [0, 0.1) is 0 Å². The molecule has 0 aromatic heterocycles. The largest absolute Gasteiger partial charge is 0.383 e. The highest BCUT2D eigenvalue weighted by Crippen LogP contribution is 1.96. The quantitative estimate of drug-likeness (QED) is 0.478. The van der Waals surface area contributed by atoms with Crippen LogP contribution >= 0.6 is 0 Å². The summed E-state index contributed by atoms with van der Waals surface area (Å²) >= 11 is 0. The molecular formula is C6H15N3O. The summed E-state index contributed by atoms with van der Waals surface area (Å²) < 4.78 is 4.99. The molecule has 4 heteroatoms. The Morgan fingerprint density at radius 3 is 3.20 bits per heavy atom. The highest BCUT2D eigenvalue weighted by Gasteiger charge is 2.17. The van der Waals surface area contributed by atoms with Crippen molar-refractivity contribution >= 4 is 0 Å². The van der Waals surface area contributed by atoms with E-state index < -0.39 is 0 Å². The Kier molecular flexibility index (Phi) is 3.08. The summed E-state index contributed by atoms with van der Waals surface area (Å²) in [5, 5.41) is 5.08. The number of nitrogens with two attached hydrogens (primary N) is 1. The van der Waals surface area contributed by atoms with E-state index >= 15 is 0 Å². The monoisotopic (exact) mass is 145 g/mol. The first-order chi connectivity index (χ1) is 4.84. The number of nitrogens with one attached hydrogen (secondary N) is 1. The Bertz CT molecular complexity index is 97.0. The zero-order valence-electron chi connectivity index (χ0n) is 6.34. The minimum atomic E-state index is 0.346. The van der Waals surface area contributed by atoms with Crippen LogP contribution in [-0.4, -0.2) is 44.4 Å². The fourth-order valence-corrected chi connectivity index (χ4v) is 1.12. The molecule has 10 heavy (non-hydrogen) atoms. The van der Waals surface area contributed by atoms with Crippen molar-refractivity contribution in [3.05, 3.63) is 0 Å². The van der Waals surface area contributed by atoms with Gasteiger partial charge in [0.1, 0.15) is 0 Å². The number of piperazine rings is 1. The van der Waals surface area contributed by atoms with E-state index in [-0.39, 0.29) is 0 Å². The summed E-state index contributed by atoms with van der Waals surface area (Å²) in [6, 6.07) is 0.346. The van der Waals surface area contributed by atoms with Crippen molar-refractivity contribution in [1.29, 1.82) is 0 Å². The minimum absolute atomic E-state index is 0.346. The number of hydrogen-bond acceptors (Lipinski definition) is 4. The summed E-state index contributed by atoms with van der Waals surface area (Å²) in [5.74, 6) is 5.68. The second-order valence-electron chi connectivity index (χ2n) is 2.55. The second-order valence-corrected chi connectivity index (χ2v) is 2.55. The topological polar surface area (TPSA) is 50.5 Å². The van der Waals surface area contributed by atoms with Gasteiger partial charge < -0.3 is 10.1 Å². The van der Waals surface area contributed by atoms with Crippen LogP contribution in [0.3, 0.4) is 0 Å².